The van der Waals surface area contributed by atoms with Crippen molar-refractivity contribution in [2.24, 2.45) is 5.41 Å². The van der Waals surface area contributed by atoms with Gasteiger partial charge in [-0.3, -0.25) is 5.10 Å². The lowest BCUT2D eigenvalue weighted by Gasteiger charge is -2.38. The van der Waals surface area contributed by atoms with Gasteiger partial charge in [0.15, 0.2) is 4.77 Å². The lowest BCUT2D eigenvalue weighted by atomic mass is 9.80. The summed E-state index contributed by atoms with van der Waals surface area (Å²) in [5, 5.41) is 7.19. The normalized spacial score (nSPS) is 20.6. The van der Waals surface area contributed by atoms with Gasteiger partial charge < -0.3 is 9.47 Å². The highest BCUT2D eigenvalue weighted by Gasteiger charge is 2.30. The molecule has 17 heavy (non-hydrogen) atoms. The topological polar surface area (TPSA) is 36.9 Å². The van der Waals surface area contributed by atoms with E-state index < -0.39 is 0 Å². The third-order valence-electron chi connectivity index (χ3n) is 3.89. The predicted octanol–water partition coefficient (Wildman–Crippen LogP) is 2.23. The van der Waals surface area contributed by atoms with Crippen molar-refractivity contribution in [1.82, 2.24) is 19.7 Å². The molecule has 1 fully saturated rings. The fourth-order valence-electron chi connectivity index (χ4n) is 2.48. The SMILES string of the molecule is CCc1n[nH]c(=S)n1CC1(C)CCN(C)CC1. The van der Waals surface area contributed by atoms with Gasteiger partial charge in [0.1, 0.15) is 5.82 Å². The first kappa shape index (κ1) is 12.8. The molecule has 0 bridgehead atoms. The van der Waals surface area contributed by atoms with Gasteiger partial charge >= 0.3 is 0 Å². The van der Waals surface area contributed by atoms with E-state index in [0.717, 1.165) is 23.6 Å². The van der Waals surface area contributed by atoms with Crippen LogP contribution < -0.4 is 0 Å². The Hall–Kier alpha value is -0.680. The maximum Gasteiger partial charge on any atom is 0.195 e. The van der Waals surface area contributed by atoms with Gasteiger partial charge in [-0.2, -0.15) is 5.10 Å². The van der Waals surface area contributed by atoms with Crippen LogP contribution in [-0.2, 0) is 13.0 Å². The summed E-state index contributed by atoms with van der Waals surface area (Å²) in [6, 6.07) is 0. The summed E-state index contributed by atoms with van der Waals surface area (Å²) in [6.07, 6.45) is 3.41. The number of hydrogen-bond acceptors (Lipinski definition) is 3. The molecule has 5 heteroatoms. The minimum atomic E-state index is 0.360. The number of aromatic amines is 1. The number of nitrogens with one attached hydrogen (secondary N) is 1. The maximum absolute atomic E-state index is 5.31. The highest BCUT2D eigenvalue weighted by molar-refractivity contribution is 7.71. The van der Waals surface area contributed by atoms with E-state index in [4.69, 9.17) is 12.2 Å². The lowest BCUT2D eigenvalue weighted by Crippen LogP contribution is -2.38. The van der Waals surface area contributed by atoms with Crippen molar-refractivity contribution in [2.75, 3.05) is 20.1 Å². The minimum absolute atomic E-state index is 0.360. The molecule has 0 amide bonds. The summed E-state index contributed by atoms with van der Waals surface area (Å²) >= 11 is 5.31. The van der Waals surface area contributed by atoms with Gasteiger partial charge in [-0.15, -0.1) is 0 Å². The highest BCUT2D eigenvalue weighted by Crippen LogP contribution is 2.32. The van der Waals surface area contributed by atoms with Crippen molar-refractivity contribution in [2.45, 2.75) is 39.7 Å². The van der Waals surface area contributed by atoms with Crippen LogP contribution in [0.5, 0.6) is 0 Å². The van der Waals surface area contributed by atoms with Crippen molar-refractivity contribution < 1.29 is 0 Å². The molecular formula is C12H22N4S. The molecule has 0 aliphatic carbocycles. The first-order chi connectivity index (χ1) is 8.04. The molecule has 2 heterocycles. The summed E-state index contributed by atoms with van der Waals surface area (Å²) in [5.41, 5.74) is 0.360. The Bertz CT molecular complexity index is 426. The Morgan fingerprint density at radius 2 is 2.06 bits per heavy atom. The summed E-state index contributed by atoms with van der Waals surface area (Å²) in [5.74, 6) is 1.08. The second kappa shape index (κ2) is 4.90. The van der Waals surface area contributed by atoms with E-state index in [-0.39, 0.29) is 0 Å². The van der Waals surface area contributed by atoms with Crippen molar-refractivity contribution in [3.8, 4) is 0 Å². The van der Waals surface area contributed by atoms with E-state index in [1.54, 1.807) is 0 Å². The average molecular weight is 254 g/mol. The van der Waals surface area contributed by atoms with Crippen LogP contribution in [0.4, 0.5) is 0 Å². The predicted molar refractivity (Wildman–Crippen MR) is 71.6 cm³/mol. The third kappa shape index (κ3) is 2.77. The number of rotatable bonds is 3. The van der Waals surface area contributed by atoms with Gasteiger partial charge in [-0.25, -0.2) is 0 Å². The maximum atomic E-state index is 5.31. The number of hydrogen-bond donors (Lipinski definition) is 1. The molecule has 1 N–H and O–H groups in total. The van der Waals surface area contributed by atoms with Crippen LogP contribution in [0.1, 0.15) is 32.5 Å². The molecule has 2 rings (SSSR count). The zero-order valence-corrected chi connectivity index (χ0v) is 11.8. The van der Waals surface area contributed by atoms with E-state index in [9.17, 15) is 0 Å². The first-order valence-corrected chi connectivity index (χ1v) is 6.77. The third-order valence-corrected chi connectivity index (χ3v) is 4.20. The molecule has 96 valence electrons. The number of aryl methyl sites for hydroxylation is 1. The van der Waals surface area contributed by atoms with Crippen LogP contribution >= 0.6 is 12.2 Å². The average Bonchev–Trinajstić information content (AvgIpc) is 2.65. The van der Waals surface area contributed by atoms with E-state index in [0.29, 0.717) is 5.41 Å². The van der Waals surface area contributed by atoms with Crippen molar-refractivity contribution in [1.29, 1.82) is 0 Å². The minimum Gasteiger partial charge on any atom is -0.306 e. The molecule has 1 aromatic rings. The van der Waals surface area contributed by atoms with E-state index in [1.807, 2.05) is 0 Å². The summed E-state index contributed by atoms with van der Waals surface area (Å²) in [7, 11) is 2.19. The fourth-order valence-corrected chi connectivity index (χ4v) is 2.70. The molecule has 1 aliphatic heterocycles. The van der Waals surface area contributed by atoms with Gasteiger partial charge in [-0.1, -0.05) is 13.8 Å². The van der Waals surface area contributed by atoms with Gasteiger partial charge in [-0.05, 0) is 50.6 Å². The number of nitrogens with zero attached hydrogens (tertiary/aromatic N) is 3. The Morgan fingerprint density at radius 3 is 2.65 bits per heavy atom. The fraction of sp³-hybridized carbons (Fsp3) is 0.833. The molecule has 1 aromatic heterocycles. The largest absolute Gasteiger partial charge is 0.306 e. The molecule has 1 saturated heterocycles. The zero-order chi connectivity index (χ0) is 12.5. The van der Waals surface area contributed by atoms with E-state index in [2.05, 4.69) is 40.6 Å². The summed E-state index contributed by atoms with van der Waals surface area (Å²) in [6.45, 7) is 7.86. The molecule has 4 nitrogen and oxygen atoms in total. The lowest BCUT2D eigenvalue weighted by molar-refractivity contribution is 0.119. The van der Waals surface area contributed by atoms with Crippen LogP contribution in [-0.4, -0.2) is 39.8 Å². The Kier molecular flexibility index (Phi) is 3.68. The number of aromatic nitrogens is 3. The second-order valence-corrected chi connectivity index (χ2v) is 5.89. The monoisotopic (exact) mass is 254 g/mol. The van der Waals surface area contributed by atoms with Crippen molar-refractivity contribution >= 4 is 12.2 Å². The molecule has 0 unspecified atom stereocenters. The standard InChI is InChI=1S/C12H22N4S/c1-4-10-13-14-11(17)16(10)9-12(2)5-7-15(3)8-6-12/h4-9H2,1-3H3,(H,14,17). The number of piperidine rings is 1. The quantitative estimate of drug-likeness (QED) is 0.841. The Balaban J connectivity index is 2.14. The van der Waals surface area contributed by atoms with Crippen molar-refractivity contribution in [3.63, 3.8) is 0 Å². The molecule has 0 atom stereocenters. The molecule has 0 saturated carbocycles. The Labute approximate surface area is 108 Å². The van der Waals surface area contributed by atoms with E-state index in [1.165, 1.54) is 25.9 Å². The Morgan fingerprint density at radius 1 is 1.41 bits per heavy atom. The number of H-pyrrole nitrogens is 1. The van der Waals surface area contributed by atoms with Crippen LogP contribution in [0.3, 0.4) is 0 Å². The van der Waals surface area contributed by atoms with Gasteiger partial charge in [0.25, 0.3) is 0 Å². The van der Waals surface area contributed by atoms with Crippen molar-refractivity contribution in [3.05, 3.63) is 10.6 Å². The van der Waals surface area contributed by atoms with E-state index >= 15 is 0 Å². The second-order valence-electron chi connectivity index (χ2n) is 5.50. The summed E-state index contributed by atoms with van der Waals surface area (Å²) in [4.78, 5) is 2.40. The van der Waals surface area contributed by atoms with Gasteiger partial charge in [0.05, 0.1) is 0 Å². The van der Waals surface area contributed by atoms with Crippen LogP contribution in [0.2, 0.25) is 0 Å². The smallest absolute Gasteiger partial charge is 0.195 e. The van der Waals surface area contributed by atoms with Crippen LogP contribution in [0, 0.1) is 10.2 Å². The van der Waals surface area contributed by atoms with Gasteiger partial charge in [0, 0.05) is 13.0 Å². The highest BCUT2D eigenvalue weighted by atomic mass is 32.1. The molecule has 1 aliphatic rings. The molecule has 0 aromatic carbocycles. The summed E-state index contributed by atoms with van der Waals surface area (Å²) < 4.78 is 2.95. The zero-order valence-electron chi connectivity index (χ0n) is 11.0. The molecule has 0 radical (unpaired) electrons. The molecular weight excluding hydrogens is 232 g/mol. The first-order valence-electron chi connectivity index (χ1n) is 6.37. The van der Waals surface area contributed by atoms with Crippen LogP contribution in [0.15, 0.2) is 0 Å². The number of likely N-dealkylation sites (tertiary alicyclic amines) is 1. The van der Waals surface area contributed by atoms with Gasteiger partial charge in [0.2, 0.25) is 0 Å². The van der Waals surface area contributed by atoms with Crippen LogP contribution in [0.25, 0.3) is 0 Å². The molecule has 0 spiro atoms.